The first-order chi connectivity index (χ1) is 28.1. The van der Waals surface area contributed by atoms with Gasteiger partial charge in [0.05, 0.1) is 22.1 Å². The van der Waals surface area contributed by atoms with Crippen LogP contribution >= 0.6 is 0 Å². The second-order valence-corrected chi connectivity index (χ2v) is 15.7. The van der Waals surface area contributed by atoms with E-state index >= 15 is 0 Å². The molecule has 8 aromatic carbocycles. The predicted octanol–water partition coefficient (Wildman–Crippen LogP) is 11.5. The van der Waals surface area contributed by atoms with E-state index in [2.05, 4.69) is 186 Å². The number of hydrogen-bond donors (Lipinski definition) is 0. The first kappa shape index (κ1) is 31.0. The largest absolute Gasteiger partial charge is 0.456 e. The number of imidazole rings is 1. The van der Waals surface area contributed by atoms with Crippen LogP contribution in [0.15, 0.2) is 168 Å². The number of para-hydroxylation sites is 3. The van der Waals surface area contributed by atoms with Crippen molar-refractivity contribution in [3.8, 4) is 39.3 Å². The molecule has 6 heteroatoms. The summed E-state index contributed by atoms with van der Waals surface area (Å²) in [5.74, 6) is 0.960. The highest BCUT2D eigenvalue weighted by atomic mass is 16.3. The van der Waals surface area contributed by atoms with Gasteiger partial charge in [-0.25, -0.2) is 4.98 Å². The molecule has 0 N–H and O–H groups in total. The number of rotatable bonds is 3. The Hall–Kier alpha value is -7.31. The maximum Gasteiger partial charge on any atom is 0.333 e. The second kappa shape index (κ2) is 11.1. The van der Waals surface area contributed by atoms with Gasteiger partial charge in [0, 0.05) is 56.8 Å². The highest BCUT2D eigenvalue weighted by molar-refractivity contribution is 6.94. The molecule has 57 heavy (non-hydrogen) atoms. The first-order valence-corrected chi connectivity index (χ1v) is 19.6. The second-order valence-electron chi connectivity index (χ2n) is 15.7. The van der Waals surface area contributed by atoms with Crippen molar-refractivity contribution in [2.45, 2.75) is 6.92 Å². The maximum absolute atomic E-state index is 6.50. The molecule has 0 aliphatic carbocycles. The molecule has 0 amide bonds. The van der Waals surface area contributed by atoms with Crippen molar-refractivity contribution in [2.75, 3.05) is 4.81 Å². The molecule has 5 heterocycles. The van der Waals surface area contributed by atoms with Gasteiger partial charge in [-0.15, -0.1) is 0 Å². The third-order valence-corrected chi connectivity index (χ3v) is 12.6. The molecule has 0 bridgehead atoms. The van der Waals surface area contributed by atoms with Gasteiger partial charge < -0.3 is 18.4 Å². The molecule has 11 aromatic rings. The van der Waals surface area contributed by atoms with E-state index in [0.29, 0.717) is 0 Å². The van der Waals surface area contributed by atoms with Gasteiger partial charge in [0.15, 0.2) is 0 Å². The Morgan fingerprint density at radius 1 is 0.561 bits per heavy atom. The molecule has 5 nitrogen and oxygen atoms in total. The average Bonchev–Trinajstić information content (AvgIpc) is 3.92. The fourth-order valence-corrected chi connectivity index (χ4v) is 10.0. The highest BCUT2D eigenvalue weighted by Crippen LogP contribution is 2.48. The highest BCUT2D eigenvalue weighted by Gasteiger charge is 2.44. The van der Waals surface area contributed by atoms with Crippen LogP contribution in [0.4, 0.5) is 11.4 Å². The van der Waals surface area contributed by atoms with E-state index < -0.39 is 0 Å². The molecule has 2 aliphatic heterocycles. The monoisotopic (exact) mass is 728 g/mol. The fraction of sp³-hybridized carbons (Fsp3) is 0.0392. The zero-order valence-corrected chi connectivity index (χ0v) is 31.4. The molecule has 0 fully saturated rings. The first-order valence-electron chi connectivity index (χ1n) is 19.6. The SMILES string of the molecule is Cc1ccc(N2B3c4cc5nc(-c6ccccc6)n(C)c5cc4-n4c5ccccc5c5c(-c6ccc7c(c6)oc6ccccc67)cc(c3c54)-c3ccccc32)cc1. The lowest BCUT2D eigenvalue weighted by Crippen LogP contribution is -2.60. The van der Waals surface area contributed by atoms with Crippen LogP contribution in [0.2, 0.25) is 0 Å². The van der Waals surface area contributed by atoms with Crippen molar-refractivity contribution in [3.05, 3.63) is 169 Å². The van der Waals surface area contributed by atoms with Crippen LogP contribution in [0.1, 0.15) is 5.56 Å². The quantitative estimate of drug-likeness (QED) is 0.170. The molecule has 0 atom stereocenters. The van der Waals surface area contributed by atoms with E-state index in [1.54, 1.807) is 0 Å². The Morgan fingerprint density at radius 3 is 2.19 bits per heavy atom. The number of fused-ring (bicyclic) bond motifs is 12. The van der Waals surface area contributed by atoms with E-state index in [4.69, 9.17) is 9.40 Å². The predicted molar refractivity (Wildman–Crippen MR) is 237 cm³/mol. The smallest absolute Gasteiger partial charge is 0.333 e. The molecular formula is C51H33BN4O. The third kappa shape index (κ3) is 4.11. The van der Waals surface area contributed by atoms with Gasteiger partial charge in [-0.05, 0) is 95.2 Å². The zero-order valence-electron chi connectivity index (χ0n) is 31.4. The van der Waals surface area contributed by atoms with Gasteiger partial charge in [0.1, 0.15) is 17.0 Å². The molecule has 3 aromatic heterocycles. The van der Waals surface area contributed by atoms with Gasteiger partial charge in [0.2, 0.25) is 0 Å². The minimum absolute atomic E-state index is 0.106. The minimum Gasteiger partial charge on any atom is -0.456 e. The molecule has 0 saturated heterocycles. The molecule has 0 unspecified atom stereocenters. The van der Waals surface area contributed by atoms with Crippen LogP contribution in [0.5, 0.6) is 0 Å². The van der Waals surface area contributed by atoms with Crippen molar-refractivity contribution in [3.63, 3.8) is 0 Å². The van der Waals surface area contributed by atoms with Gasteiger partial charge in [-0.1, -0.05) is 109 Å². The molecular weight excluding hydrogens is 695 g/mol. The van der Waals surface area contributed by atoms with Gasteiger partial charge in [0.25, 0.3) is 0 Å². The lowest BCUT2D eigenvalue weighted by atomic mass is 9.44. The van der Waals surface area contributed by atoms with Crippen LogP contribution in [0.25, 0.3) is 94.1 Å². The topological polar surface area (TPSA) is 39.1 Å². The van der Waals surface area contributed by atoms with E-state index in [9.17, 15) is 0 Å². The summed E-state index contributed by atoms with van der Waals surface area (Å²) in [5.41, 5.74) is 19.6. The Bertz CT molecular complexity index is 3500. The Morgan fingerprint density at radius 2 is 1.32 bits per heavy atom. The van der Waals surface area contributed by atoms with Crippen LogP contribution in [-0.4, -0.2) is 21.0 Å². The average molecular weight is 729 g/mol. The summed E-state index contributed by atoms with van der Waals surface area (Å²) in [5, 5.41) is 4.77. The Labute approximate surface area is 328 Å². The maximum atomic E-state index is 6.50. The number of anilines is 2. The zero-order chi connectivity index (χ0) is 37.5. The number of nitrogens with zero attached hydrogens (tertiary/aromatic N) is 4. The third-order valence-electron chi connectivity index (χ3n) is 12.6. The normalized spacial score (nSPS) is 13.0. The number of aryl methyl sites for hydroxylation is 2. The molecule has 0 saturated carbocycles. The summed E-state index contributed by atoms with van der Waals surface area (Å²) in [6.45, 7) is 2.05. The van der Waals surface area contributed by atoms with Crippen molar-refractivity contribution in [1.29, 1.82) is 0 Å². The lowest BCUT2D eigenvalue weighted by molar-refractivity contribution is 0.669. The van der Waals surface area contributed by atoms with E-state index in [1.807, 2.05) is 6.07 Å². The fourth-order valence-electron chi connectivity index (χ4n) is 10.0. The minimum atomic E-state index is -0.106. The lowest BCUT2D eigenvalue weighted by Gasteiger charge is -2.42. The molecule has 2 aliphatic rings. The summed E-state index contributed by atoms with van der Waals surface area (Å²) < 4.78 is 11.3. The van der Waals surface area contributed by atoms with Crippen molar-refractivity contribution < 1.29 is 4.42 Å². The van der Waals surface area contributed by atoms with Crippen molar-refractivity contribution in [1.82, 2.24) is 14.1 Å². The number of furan rings is 1. The van der Waals surface area contributed by atoms with Gasteiger partial charge in [-0.3, -0.25) is 0 Å². The summed E-state index contributed by atoms with van der Waals surface area (Å²) in [6.07, 6.45) is 0. The van der Waals surface area contributed by atoms with Gasteiger partial charge >= 0.3 is 6.85 Å². The Balaban J connectivity index is 1.19. The Kier molecular flexibility index (Phi) is 6.05. The van der Waals surface area contributed by atoms with Crippen LogP contribution in [-0.2, 0) is 7.05 Å². The van der Waals surface area contributed by atoms with Gasteiger partial charge in [-0.2, -0.15) is 0 Å². The number of benzene rings is 8. The van der Waals surface area contributed by atoms with E-state index in [0.717, 1.165) is 55.6 Å². The summed E-state index contributed by atoms with van der Waals surface area (Å²) in [6, 6.07) is 59.8. The van der Waals surface area contributed by atoms with Crippen LogP contribution < -0.4 is 15.7 Å². The van der Waals surface area contributed by atoms with Crippen molar-refractivity contribution >= 4 is 83.9 Å². The molecule has 266 valence electrons. The van der Waals surface area contributed by atoms with Crippen LogP contribution in [0, 0.1) is 6.92 Å². The summed E-state index contributed by atoms with van der Waals surface area (Å²) in [7, 11) is 2.14. The number of aromatic nitrogens is 3. The summed E-state index contributed by atoms with van der Waals surface area (Å²) in [4.78, 5) is 7.90. The molecule has 0 spiro atoms. The summed E-state index contributed by atoms with van der Waals surface area (Å²) >= 11 is 0. The van der Waals surface area contributed by atoms with E-state index in [-0.39, 0.29) is 6.85 Å². The molecule has 0 radical (unpaired) electrons. The molecule has 13 rings (SSSR count). The van der Waals surface area contributed by atoms with E-state index in [1.165, 1.54) is 66.4 Å². The standard InChI is InChI=1S/C51H33BN4O/c1-30-20-23-33(24-21-30)56-43-18-10-6-14-34(43)39-27-38(32-22-25-36-35-15-8-11-19-46(35)57-47(36)26-32)48-37-16-7-9-17-42(37)55-44-29-45-41(28-40(44)52(56)49(39)50(48)55)53-51(54(45)2)31-12-4-3-5-13-31/h3-29H,1-2H3. The van der Waals surface area contributed by atoms with Crippen molar-refractivity contribution in [2.24, 2.45) is 7.05 Å². The van der Waals surface area contributed by atoms with Crippen LogP contribution in [0.3, 0.4) is 0 Å². The number of hydrogen-bond acceptors (Lipinski definition) is 3.